The molecule has 4 aromatic rings. The molecule has 0 saturated carbocycles. The zero-order valence-corrected chi connectivity index (χ0v) is 19.5. The minimum absolute atomic E-state index is 0.177. The number of carbonyl (C=O) groups is 1. The van der Waals surface area contributed by atoms with Crippen molar-refractivity contribution in [2.45, 2.75) is 32.5 Å². The average Bonchev–Trinajstić information content (AvgIpc) is 3.39. The molecule has 0 atom stereocenters. The lowest BCUT2D eigenvalue weighted by atomic mass is 9.98. The maximum atomic E-state index is 12.8. The molecule has 7 nitrogen and oxygen atoms in total. The number of hydrogen-bond acceptors (Lipinski definition) is 4. The van der Waals surface area contributed by atoms with Crippen LogP contribution in [0.2, 0.25) is 0 Å². The largest absolute Gasteiger partial charge is 0.350 e. The average molecular weight is 469 g/mol. The van der Waals surface area contributed by atoms with Crippen LogP contribution in [0, 0.1) is 0 Å². The third kappa shape index (κ3) is 5.10. The third-order valence-electron chi connectivity index (χ3n) is 6.57. The Hall–Kier alpha value is -3.97. The quantitative estimate of drug-likeness (QED) is 0.436. The normalized spacial score (nSPS) is 13.8. The van der Waals surface area contributed by atoms with Crippen molar-refractivity contribution in [1.29, 1.82) is 0 Å². The second kappa shape index (κ2) is 10.1. The van der Waals surface area contributed by atoms with E-state index in [2.05, 4.69) is 45.5 Å². The number of H-pyrrole nitrogens is 1. The second-order valence-corrected chi connectivity index (χ2v) is 8.98. The van der Waals surface area contributed by atoms with Gasteiger partial charge in [0.25, 0.3) is 5.56 Å². The lowest BCUT2D eigenvalue weighted by Gasteiger charge is -2.15. The van der Waals surface area contributed by atoms with Crippen molar-refractivity contribution >= 4 is 16.8 Å². The highest BCUT2D eigenvalue weighted by Gasteiger charge is 2.13. The van der Waals surface area contributed by atoms with Gasteiger partial charge in [-0.3, -0.25) is 24.0 Å². The number of para-hydroxylation sites is 1. The van der Waals surface area contributed by atoms with E-state index in [-0.39, 0.29) is 12.5 Å². The van der Waals surface area contributed by atoms with Crippen LogP contribution >= 0.6 is 0 Å². The Morgan fingerprint density at radius 3 is 2.40 bits per heavy atom. The van der Waals surface area contributed by atoms with Gasteiger partial charge in [-0.15, -0.1) is 0 Å². The summed E-state index contributed by atoms with van der Waals surface area (Å²) in [7, 11) is 0. The van der Waals surface area contributed by atoms with Crippen molar-refractivity contribution in [2.24, 2.45) is 0 Å². The van der Waals surface area contributed by atoms with Gasteiger partial charge in [-0.25, -0.2) is 4.79 Å². The fourth-order valence-electron chi connectivity index (χ4n) is 4.74. The number of benzene rings is 3. The van der Waals surface area contributed by atoms with Gasteiger partial charge in [-0.2, -0.15) is 0 Å². The molecule has 35 heavy (non-hydrogen) atoms. The van der Waals surface area contributed by atoms with E-state index in [0.717, 1.165) is 23.2 Å². The minimum Gasteiger partial charge on any atom is -0.350 e. The fraction of sp³-hybridized carbons (Fsp3) is 0.250. The highest BCUT2D eigenvalue weighted by Crippen LogP contribution is 2.25. The van der Waals surface area contributed by atoms with Crippen molar-refractivity contribution in [3.63, 3.8) is 0 Å². The first kappa shape index (κ1) is 22.8. The molecule has 1 amide bonds. The molecule has 0 radical (unpaired) electrons. The molecular formula is C28H28N4O3. The van der Waals surface area contributed by atoms with E-state index >= 15 is 0 Å². The zero-order chi connectivity index (χ0) is 24.2. The summed E-state index contributed by atoms with van der Waals surface area (Å²) in [5.41, 5.74) is 3.84. The molecule has 2 N–H and O–H groups in total. The Labute approximate surface area is 203 Å². The molecule has 3 aromatic carbocycles. The van der Waals surface area contributed by atoms with Gasteiger partial charge >= 0.3 is 5.69 Å². The number of fused-ring (bicyclic) bond motifs is 1. The van der Waals surface area contributed by atoms with Crippen LogP contribution in [0.1, 0.15) is 24.0 Å². The number of nitrogens with one attached hydrogen (secondary N) is 2. The Kier molecular flexibility index (Phi) is 6.59. The molecule has 1 fully saturated rings. The third-order valence-corrected chi connectivity index (χ3v) is 6.57. The van der Waals surface area contributed by atoms with Gasteiger partial charge in [0.15, 0.2) is 0 Å². The molecule has 0 unspecified atom stereocenters. The minimum atomic E-state index is -0.599. The van der Waals surface area contributed by atoms with Crippen molar-refractivity contribution < 1.29 is 4.79 Å². The van der Waals surface area contributed by atoms with E-state index < -0.39 is 11.2 Å². The highest BCUT2D eigenvalue weighted by atomic mass is 16.2. The molecule has 0 spiro atoms. The Bertz CT molecular complexity index is 1460. The Morgan fingerprint density at radius 2 is 1.60 bits per heavy atom. The monoisotopic (exact) mass is 468 g/mol. The number of rotatable bonds is 7. The van der Waals surface area contributed by atoms with Crippen molar-refractivity contribution in [3.05, 3.63) is 105 Å². The van der Waals surface area contributed by atoms with E-state index in [9.17, 15) is 14.4 Å². The highest BCUT2D eigenvalue weighted by molar-refractivity contribution is 5.81. The van der Waals surface area contributed by atoms with Gasteiger partial charge in [-0.1, -0.05) is 60.7 Å². The second-order valence-electron chi connectivity index (χ2n) is 8.98. The molecule has 0 aliphatic carbocycles. The maximum Gasteiger partial charge on any atom is 0.329 e. The Balaban J connectivity index is 1.29. The van der Waals surface area contributed by atoms with E-state index in [1.165, 1.54) is 36.1 Å². The van der Waals surface area contributed by atoms with Crippen LogP contribution in [0.3, 0.4) is 0 Å². The van der Waals surface area contributed by atoms with Crippen molar-refractivity contribution in [3.8, 4) is 11.1 Å². The van der Waals surface area contributed by atoms with Gasteiger partial charge in [0.1, 0.15) is 6.54 Å². The molecule has 0 bridgehead atoms. The number of likely N-dealkylation sites (tertiary alicyclic amines) is 1. The van der Waals surface area contributed by atoms with Gasteiger partial charge in [-0.05, 0) is 60.3 Å². The molecule has 1 aliphatic rings. The maximum absolute atomic E-state index is 12.8. The van der Waals surface area contributed by atoms with Gasteiger partial charge < -0.3 is 5.32 Å². The summed E-state index contributed by atoms with van der Waals surface area (Å²) in [5.74, 6) is -0.305. The van der Waals surface area contributed by atoms with Crippen LogP contribution < -0.4 is 16.6 Å². The summed E-state index contributed by atoms with van der Waals surface area (Å²) in [4.78, 5) is 41.9. The SMILES string of the molecule is O=C(Cn1c(=O)[nH]c(=O)c2ccccc21)NCc1ccccc1-c1ccc(CN2CCCC2)cc1. The van der Waals surface area contributed by atoms with Crippen molar-refractivity contribution in [2.75, 3.05) is 13.1 Å². The molecule has 5 rings (SSSR count). The lowest BCUT2D eigenvalue weighted by molar-refractivity contribution is -0.121. The van der Waals surface area contributed by atoms with E-state index in [1.54, 1.807) is 24.3 Å². The van der Waals surface area contributed by atoms with Crippen LogP contribution in [-0.2, 0) is 24.4 Å². The predicted molar refractivity (Wildman–Crippen MR) is 137 cm³/mol. The lowest BCUT2D eigenvalue weighted by Crippen LogP contribution is -2.36. The molecule has 1 saturated heterocycles. The van der Waals surface area contributed by atoms with Crippen LogP contribution in [-0.4, -0.2) is 33.4 Å². The van der Waals surface area contributed by atoms with Crippen LogP contribution in [0.25, 0.3) is 22.0 Å². The molecule has 1 aliphatic heterocycles. The predicted octanol–water partition coefficient (Wildman–Crippen LogP) is 3.27. The Morgan fingerprint density at radius 1 is 0.886 bits per heavy atom. The number of hydrogen-bond donors (Lipinski definition) is 2. The number of aromatic nitrogens is 2. The summed E-state index contributed by atoms with van der Waals surface area (Å²) in [6, 6.07) is 23.4. The molecular weight excluding hydrogens is 440 g/mol. The molecule has 1 aromatic heterocycles. The first-order valence-corrected chi connectivity index (χ1v) is 12.0. The number of amides is 1. The van der Waals surface area contributed by atoms with Crippen LogP contribution in [0.4, 0.5) is 0 Å². The summed E-state index contributed by atoms with van der Waals surface area (Å²) in [6.07, 6.45) is 2.56. The van der Waals surface area contributed by atoms with Crippen LogP contribution in [0.15, 0.2) is 82.4 Å². The number of carbonyl (C=O) groups excluding carboxylic acids is 1. The summed E-state index contributed by atoms with van der Waals surface area (Å²) in [5, 5.41) is 3.30. The summed E-state index contributed by atoms with van der Waals surface area (Å²) >= 11 is 0. The first-order valence-electron chi connectivity index (χ1n) is 12.0. The van der Waals surface area contributed by atoms with Gasteiger partial charge in [0.05, 0.1) is 10.9 Å². The van der Waals surface area contributed by atoms with Crippen LogP contribution in [0.5, 0.6) is 0 Å². The smallest absolute Gasteiger partial charge is 0.329 e. The van der Waals surface area contributed by atoms with Crippen molar-refractivity contribution in [1.82, 2.24) is 19.8 Å². The summed E-state index contributed by atoms with van der Waals surface area (Å²) < 4.78 is 1.29. The molecule has 7 heteroatoms. The first-order chi connectivity index (χ1) is 17.1. The fourth-order valence-corrected chi connectivity index (χ4v) is 4.74. The molecule has 2 heterocycles. The standard InChI is InChI=1S/C28H28N4O3/c33-26(19-32-25-10-4-3-9-24(25)27(34)30-28(32)35)29-17-22-7-1-2-8-23(22)21-13-11-20(12-14-21)18-31-15-5-6-16-31/h1-4,7-14H,5-6,15-19H2,(H,29,33)(H,30,34,35). The number of nitrogens with zero attached hydrogens (tertiary/aromatic N) is 2. The molecule has 178 valence electrons. The van der Waals surface area contributed by atoms with E-state index in [4.69, 9.17) is 0 Å². The zero-order valence-electron chi connectivity index (χ0n) is 19.5. The number of aromatic amines is 1. The van der Waals surface area contributed by atoms with E-state index in [1.807, 2.05) is 18.2 Å². The summed E-state index contributed by atoms with van der Waals surface area (Å²) in [6.45, 7) is 3.48. The van der Waals surface area contributed by atoms with Gasteiger partial charge in [0.2, 0.25) is 5.91 Å². The van der Waals surface area contributed by atoms with E-state index in [0.29, 0.717) is 17.4 Å². The van der Waals surface area contributed by atoms with Gasteiger partial charge in [0, 0.05) is 13.1 Å². The topological polar surface area (TPSA) is 87.2 Å².